The number of allylic oxidation sites excluding steroid dienone is 3. The number of fused-ring (bicyclic) bond motifs is 1. The first-order chi connectivity index (χ1) is 23.0. The third kappa shape index (κ3) is 9.30. The normalized spacial score (nSPS) is 20.0. The number of hydrogen-bond donors (Lipinski definition) is 4. The minimum absolute atomic E-state index is 0.0527. The number of aliphatic hydroxyl groups excluding tert-OH is 1. The molecule has 1 unspecified atom stereocenters. The van der Waals surface area contributed by atoms with Crippen LogP contribution in [0.5, 0.6) is 0 Å². The summed E-state index contributed by atoms with van der Waals surface area (Å²) in [6.07, 6.45) is 11.2. The van der Waals surface area contributed by atoms with Crippen molar-refractivity contribution < 1.29 is 24.6 Å². The van der Waals surface area contributed by atoms with Crippen molar-refractivity contribution in [1.29, 1.82) is 0 Å². The van der Waals surface area contributed by atoms with Crippen molar-refractivity contribution in [2.75, 3.05) is 43.0 Å². The van der Waals surface area contributed by atoms with E-state index in [1.807, 2.05) is 43.3 Å². The van der Waals surface area contributed by atoms with Gasteiger partial charge in [0.25, 0.3) is 5.91 Å². The van der Waals surface area contributed by atoms with E-state index < -0.39 is 17.4 Å². The molecule has 0 aliphatic carbocycles. The lowest BCUT2D eigenvalue weighted by Gasteiger charge is -2.28. The zero-order valence-electron chi connectivity index (χ0n) is 28.9. The van der Waals surface area contributed by atoms with Crippen molar-refractivity contribution in [2.24, 2.45) is 11.8 Å². The fraction of sp³-hybridized carbons (Fsp3) is 0.462. The number of carbonyl (C=O) groups excluding carboxylic acids is 3. The Bertz CT molecular complexity index is 1510. The Hall–Kier alpha value is -4.05. The molecule has 2 aliphatic heterocycles. The first-order valence-corrected chi connectivity index (χ1v) is 17.1. The Kier molecular flexibility index (Phi) is 13.3. The molecule has 48 heavy (non-hydrogen) atoms. The molecule has 9 heteroatoms. The van der Waals surface area contributed by atoms with Crippen LogP contribution in [0.4, 0.5) is 11.4 Å². The van der Waals surface area contributed by atoms with E-state index in [4.69, 9.17) is 0 Å². The monoisotopic (exact) mass is 656 g/mol. The van der Waals surface area contributed by atoms with Crippen molar-refractivity contribution in [3.8, 4) is 0 Å². The predicted octanol–water partition coefficient (Wildman–Crippen LogP) is 5.46. The van der Waals surface area contributed by atoms with Crippen molar-refractivity contribution in [3.63, 3.8) is 0 Å². The lowest BCUT2D eigenvalue weighted by atomic mass is 9.82. The molecule has 1 fully saturated rings. The third-order valence-electron chi connectivity index (χ3n) is 9.23. The maximum absolute atomic E-state index is 14.1. The highest BCUT2D eigenvalue weighted by atomic mass is 16.3. The SMILES string of the molecule is CC(C)=CCC/C(C)=C/CN1C(=O)[C@@](O)([C@@H](C)/C=C/CC(=O)N(CCO)Cc2ccccc2)c2cc(NC(=O)C3CCCNC3)ccc21. The van der Waals surface area contributed by atoms with Gasteiger partial charge in [-0.3, -0.25) is 14.4 Å². The van der Waals surface area contributed by atoms with E-state index in [9.17, 15) is 24.6 Å². The summed E-state index contributed by atoms with van der Waals surface area (Å²) in [6, 6.07) is 14.9. The van der Waals surface area contributed by atoms with Crippen molar-refractivity contribution >= 4 is 29.1 Å². The molecule has 3 atom stereocenters. The summed E-state index contributed by atoms with van der Waals surface area (Å²) in [5.74, 6) is -1.52. The molecule has 2 aromatic carbocycles. The molecule has 4 N–H and O–H groups in total. The Morgan fingerprint density at radius 1 is 1.15 bits per heavy atom. The second-order valence-electron chi connectivity index (χ2n) is 13.3. The Balaban J connectivity index is 1.56. The first kappa shape index (κ1) is 36.8. The predicted molar refractivity (Wildman–Crippen MR) is 191 cm³/mol. The van der Waals surface area contributed by atoms with E-state index in [2.05, 4.69) is 30.6 Å². The summed E-state index contributed by atoms with van der Waals surface area (Å²) in [6.45, 7) is 10.2. The van der Waals surface area contributed by atoms with Crippen molar-refractivity contribution in [1.82, 2.24) is 10.2 Å². The molecule has 258 valence electrons. The molecule has 2 aromatic rings. The largest absolute Gasteiger partial charge is 0.395 e. The van der Waals surface area contributed by atoms with Crippen molar-refractivity contribution in [3.05, 3.63) is 95.1 Å². The molecule has 2 heterocycles. The van der Waals surface area contributed by atoms with E-state index in [1.165, 1.54) is 5.57 Å². The van der Waals surface area contributed by atoms with E-state index in [1.54, 1.807) is 47.1 Å². The average Bonchev–Trinajstić information content (AvgIpc) is 3.29. The number of piperidine rings is 1. The van der Waals surface area contributed by atoms with Gasteiger partial charge in [-0.2, -0.15) is 0 Å². The zero-order chi connectivity index (χ0) is 34.7. The van der Waals surface area contributed by atoms with Crippen molar-refractivity contribution in [2.45, 2.75) is 71.9 Å². The van der Waals surface area contributed by atoms with Gasteiger partial charge in [-0.15, -0.1) is 0 Å². The van der Waals surface area contributed by atoms with Gasteiger partial charge in [-0.25, -0.2) is 0 Å². The zero-order valence-corrected chi connectivity index (χ0v) is 28.9. The second-order valence-corrected chi connectivity index (χ2v) is 13.3. The van der Waals surface area contributed by atoms with Crippen LogP contribution < -0.4 is 15.5 Å². The number of hydrogen-bond acceptors (Lipinski definition) is 6. The molecular formula is C39H52N4O5. The number of amides is 3. The van der Waals surface area contributed by atoms with Gasteiger partial charge in [0, 0.05) is 49.8 Å². The second kappa shape index (κ2) is 17.4. The number of nitrogens with one attached hydrogen (secondary N) is 2. The van der Waals surface area contributed by atoms with Gasteiger partial charge in [-0.1, -0.05) is 72.7 Å². The molecule has 0 saturated carbocycles. The Morgan fingerprint density at radius 2 is 1.92 bits per heavy atom. The summed E-state index contributed by atoms with van der Waals surface area (Å²) in [4.78, 5) is 43.5. The fourth-order valence-corrected chi connectivity index (χ4v) is 6.32. The molecule has 0 aromatic heterocycles. The number of carbonyl (C=O) groups is 3. The minimum Gasteiger partial charge on any atom is -0.395 e. The van der Waals surface area contributed by atoms with Crippen LogP contribution in [0.3, 0.4) is 0 Å². The summed E-state index contributed by atoms with van der Waals surface area (Å²) >= 11 is 0. The lowest BCUT2D eigenvalue weighted by molar-refractivity contribution is -0.139. The van der Waals surface area contributed by atoms with Gasteiger partial charge in [-0.05, 0) is 76.8 Å². The van der Waals surface area contributed by atoms with E-state index in [0.717, 1.165) is 43.4 Å². The fourth-order valence-electron chi connectivity index (χ4n) is 6.32. The van der Waals surface area contributed by atoms with Crippen LogP contribution >= 0.6 is 0 Å². The Morgan fingerprint density at radius 3 is 2.60 bits per heavy atom. The molecule has 2 aliphatic rings. The highest BCUT2D eigenvalue weighted by molar-refractivity contribution is 6.08. The third-order valence-corrected chi connectivity index (χ3v) is 9.23. The summed E-state index contributed by atoms with van der Waals surface area (Å²) in [5, 5.41) is 28.1. The number of rotatable bonds is 15. The minimum atomic E-state index is -1.90. The smallest absolute Gasteiger partial charge is 0.264 e. The van der Waals surface area contributed by atoms with Crippen LogP contribution in [0.15, 0.2) is 84.0 Å². The maximum atomic E-state index is 14.1. The van der Waals surface area contributed by atoms with Gasteiger partial charge in [0.2, 0.25) is 11.8 Å². The molecular weight excluding hydrogens is 604 g/mol. The lowest BCUT2D eigenvalue weighted by Crippen LogP contribution is -2.44. The standard InChI is InChI=1S/C39H52N4O5/c1-28(2)11-8-12-29(3)20-22-43-35-19-18-33(41-37(46)32-16-10-21-40-26-32)25-34(35)39(48,38(43)47)30(4)13-9-17-36(45)42(23-24-44)27-31-14-6-5-7-15-31/h5-7,9,11,13-15,18-20,25,30,32,40,44,48H,8,10,12,16-17,21-24,26-27H2,1-4H3,(H,41,46)/b13-9+,29-20+/t30-,32?,39+/m0/s1. The first-order valence-electron chi connectivity index (χ1n) is 17.1. The summed E-state index contributed by atoms with van der Waals surface area (Å²) < 4.78 is 0. The van der Waals surface area contributed by atoms with Crippen LogP contribution in [-0.2, 0) is 26.5 Å². The van der Waals surface area contributed by atoms with Crippen LogP contribution in [0, 0.1) is 11.8 Å². The van der Waals surface area contributed by atoms with Crippen LogP contribution in [0.1, 0.15) is 70.9 Å². The number of nitrogens with zero attached hydrogens (tertiary/aromatic N) is 2. The highest BCUT2D eigenvalue weighted by Crippen LogP contribution is 2.46. The van der Waals surface area contributed by atoms with Gasteiger partial charge >= 0.3 is 0 Å². The molecule has 0 radical (unpaired) electrons. The molecule has 0 bridgehead atoms. The van der Waals surface area contributed by atoms with Gasteiger partial charge in [0.1, 0.15) is 0 Å². The van der Waals surface area contributed by atoms with Crippen LogP contribution in [0.2, 0.25) is 0 Å². The quantitative estimate of drug-likeness (QED) is 0.189. The molecule has 1 saturated heterocycles. The molecule has 9 nitrogen and oxygen atoms in total. The topological polar surface area (TPSA) is 122 Å². The molecule has 4 rings (SSSR count). The number of benzene rings is 2. The average molecular weight is 657 g/mol. The number of aliphatic hydroxyl groups is 2. The molecule has 0 spiro atoms. The summed E-state index contributed by atoms with van der Waals surface area (Å²) in [7, 11) is 0. The Labute approximate surface area is 285 Å². The van der Waals surface area contributed by atoms with E-state index in [-0.39, 0.29) is 37.3 Å². The molecule has 3 amide bonds. The number of anilines is 2. The van der Waals surface area contributed by atoms with Crippen LogP contribution in [0.25, 0.3) is 0 Å². The van der Waals surface area contributed by atoms with Gasteiger partial charge in [0.15, 0.2) is 5.60 Å². The van der Waals surface area contributed by atoms with E-state index >= 15 is 0 Å². The maximum Gasteiger partial charge on any atom is 0.264 e. The van der Waals surface area contributed by atoms with Crippen LogP contribution in [-0.4, -0.2) is 65.6 Å². The van der Waals surface area contributed by atoms with Gasteiger partial charge in [0.05, 0.1) is 18.2 Å². The van der Waals surface area contributed by atoms with E-state index in [0.29, 0.717) is 36.6 Å². The van der Waals surface area contributed by atoms with Gasteiger partial charge < -0.3 is 30.6 Å². The summed E-state index contributed by atoms with van der Waals surface area (Å²) in [5.41, 5.74) is 3.02. The highest BCUT2D eigenvalue weighted by Gasteiger charge is 2.52.